The Balaban J connectivity index is 0.978. The Kier molecular flexibility index (Phi) is 8.91. The first kappa shape index (κ1) is 26.7. The number of hydrogen-bond donors (Lipinski definition) is 1. The van der Waals surface area contributed by atoms with Crippen molar-refractivity contribution in [3.63, 3.8) is 0 Å². The molecule has 1 aliphatic carbocycles. The van der Waals surface area contributed by atoms with E-state index in [0.29, 0.717) is 23.9 Å². The lowest BCUT2D eigenvalue weighted by molar-refractivity contribution is -0.136. The van der Waals surface area contributed by atoms with E-state index in [0.717, 1.165) is 16.2 Å². The molecule has 0 radical (unpaired) electrons. The van der Waals surface area contributed by atoms with Gasteiger partial charge in [0.05, 0.1) is 0 Å². The summed E-state index contributed by atoms with van der Waals surface area (Å²) in [6.45, 7) is 4.38. The lowest BCUT2D eigenvalue weighted by atomic mass is 9.68. The number of unbranched alkanes of at least 4 members (excludes halogenated alkanes) is 4. The maximum Gasteiger partial charge on any atom is 0.255 e. The molecule has 3 fully saturated rings. The lowest BCUT2D eigenvalue weighted by Gasteiger charge is -2.44. The summed E-state index contributed by atoms with van der Waals surface area (Å²) in [7, 11) is 0. The number of rotatable bonds is 10. The van der Waals surface area contributed by atoms with E-state index in [1.807, 2.05) is 23.9 Å². The van der Waals surface area contributed by atoms with Gasteiger partial charge in [-0.25, -0.2) is 0 Å². The van der Waals surface area contributed by atoms with Crippen molar-refractivity contribution in [2.45, 2.75) is 107 Å². The number of nitrogens with zero attached hydrogens (tertiary/aromatic N) is 2. The van der Waals surface area contributed by atoms with Crippen molar-refractivity contribution in [1.82, 2.24) is 15.1 Å². The van der Waals surface area contributed by atoms with Gasteiger partial charge in [0.15, 0.2) is 0 Å². The van der Waals surface area contributed by atoms with E-state index in [1.165, 1.54) is 96.7 Å². The van der Waals surface area contributed by atoms with Gasteiger partial charge < -0.3 is 9.80 Å². The minimum absolute atomic E-state index is 0.0884. The van der Waals surface area contributed by atoms with Crippen LogP contribution >= 0.6 is 11.8 Å². The second-order valence-electron chi connectivity index (χ2n) is 11.7. The Bertz CT molecular complexity index is 980. The highest BCUT2D eigenvalue weighted by Gasteiger charge is 2.40. The van der Waals surface area contributed by atoms with Gasteiger partial charge >= 0.3 is 0 Å². The Hall–Kier alpha value is -1.86. The second kappa shape index (κ2) is 12.3. The molecule has 1 aromatic rings. The Morgan fingerprint density at radius 2 is 1.68 bits per heavy atom. The number of hydrogen-bond acceptors (Lipinski definition) is 5. The largest absolute Gasteiger partial charge is 0.322 e. The van der Waals surface area contributed by atoms with Crippen LogP contribution in [-0.4, -0.2) is 59.0 Å². The van der Waals surface area contributed by atoms with Gasteiger partial charge in [0.2, 0.25) is 11.8 Å². The quantitative estimate of drug-likeness (QED) is 0.247. The third-order valence-electron chi connectivity index (χ3n) is 9.25. The summed E-state index contributed by atoms with van der Waals surface area (Å²) in [5.74, 6) is 0.368. The van der Waals surface area contributed by atoms with E-state index < -0.39 is 6.04 Å². The molecule has 3 aliphatic heterocycles. The van der Waals surface area contributed by atoms with E-state index >= 15 is 0 Å². The number of carbonyl (C=O) groups excluding carboxylic acids is 3. The summed E-state index contributed by atoms with van der Waals surface area (Å²) in [4.78, 5) is 42.3. The molecule has 0 aromatic heterocycles. The van der Waals surface area contributed by atoms with Crippen molar-refractivity contribution in [1.29, 1.82) is 0 Å². The summed E-state index contributed by atoms with van der Waals surface area (Å²) >= 11 is 1.83. The fourth-order valence-corrected chi connectivity index (χ4v) is 7.99. The normalized spacial score (nSPS) is 23.9. The predicted octanol–water partition coefficient (Wildman–Crippen LogP) is 5.54. The van der Waals surface area contributed by atoms with Gasteiger partial charge in [0.1, 0.15) is 6.04 Å². The zero-order valence-corrected chi connectivity index (χ0v) is 23.1. The van der Waals surface area contributed by atoms with E-state index in [1.54, 1.807) is 4.90 Å². The fraction of sp³-hybridized carbons (Fsp3) is 0.700. The summed E-state index contributed by atoms with van der Waals surface area (Å²) in [6, 6.07) is 5.36. The number of carbonyl (C=O) groups is 3. The van der Waals surface area contributed by atoms with Crippen LogP contribution in [0.25, 0.3) is 0 Å². The van der Waals surface area contributed by atoms with Crippen molar-refractivity contribution in [2.75, 3.05) is 25.4 Å². The van der Waals surface area contributed by atoms with Crippen molar-refractivity contribution in [3.8, 4) is 0 Å². The van der Waals surface area contributed by atoms with E-state index in [9.17, 15) is 14.4 Å². The number of amides is 3. The molecule has 1 N–H and O–H groups in total. The van der Waals surface area contributed by atoms with E-state index in [4.69, 9.17) is 0 Å². The maximum absolute atomic E-state index is 13.0. The SMILES string of the molecule is O=C1CCC(N2Cc3c(SCCCCCCCN4CCC5(CCCCC5)CC4)cccc3C2=O)C(=O)N1. The smallest absolute Gasteiger partial charge is 0.255 e. The van der Waals surface area contributed by atoms with E-state index in [2.05, 4.69) is 16.3 Å². The molecule has 6 nitrogen and oxygen atoms in total. The van der Waals surface area contributed by atoms with Gasteiger partial charge in [-0.15, -0.1) is 11.8 Å². The third-order valence-corrected chi connectivity index (χ3v) is 10.4. The molecule has 3 heterocycles. The zero-order valence-electron chi connectivity index (χ0n) is 22.3. The number of imide groups is 1. The minimum Gasteiger partial charge on any atom is -0.322 e. The molecule has 4 aliphatic rings. The summed E-state index contributed by atoms with van der Waals surface area (Å²) in [5.41, 5.74) is 2.46. The number of fused-ring (bicyclic) bond motifs is 1. The molecule has 0 bridgehead atoms. The molecule has 202 valence electrons. The fourth-order valence-electron chi connectivity index (χ4n) is 6.90. The van der Waals surface area contributed by atoms with Gasteiger partial charge in [-0.2, -0.15) is 0 Å². The first-order valence-corrected chi connectivity index (χ1v) is 15.6. The summed E-state index contributed by atoms with van der Waals surface area (Å²) in [6.07, 6.45) is 17.3. The number of piperidine rings is 2. The highest BCUT2D eigenvalue weighted by molar-refractivity contribution is 7.99. The number of thioether (sulfide) groups is 1. The molecule has 1 atom stereocenters. The van der Waals surface area contributed by atoms with Crippen molar-refractivity contribution < 1.29 is 14.4 Å². The van der Waals surface area contributed by atoms with Crippen LogP contribution in [0.3, 0.4) is 0 Å². The molecular weight excluding hydrogens is 482 g/mol. The van der Waals surface area contributed by atoms with Crippen molar-refractivity contribution in [3.05, 3.63) is 29.3 Å². The van der Waals surface area contributed by atoms with Crippen LogP contribution in [0, 0.1) is 5.41 Å². The molecule has 1 saturated carbocycles. The standard InChI is InChI=1S/C30H43N3O3S/c34-27-13-12-25(28(35)31-27)33-22-24-23(29(33)36)10-9-11-26(24)37-21-8-3-1-2-7-18-32-19-16-30(17-20-32)14-5-4-6-15-30/h9-11,25H,1-8,12-22H2,(H,31,34,35). The number of benzene rings is 1. The predicted molar refractivity (Wildman–Crippen MR) is 147 cm³/mol. The first-order chi connectivity index (χ1) is 18.0. The van der Waals surface area contributed by atoms with Gasteiger partial charge in [-0.05, 0) is 93.4 Å². The molecule has 1 spiro atoms. The van der Waals surface area contributed by atoms with Gasteiger partial charge in [-0.1, -0.05) is 44.6 Å². The minimum atomic E-state index is -0.547. The zero-order chi connectivity index (χ0) is 25.7. The molecule has 5 rings (SSSR count). The molecule has 3 amide bonds. The maximum atomic E-state index is 13.0. The van der Waals surface area contributed by atoms with Crippen LogP contribution in [0.2, 0.25) is 0 Å². The van der Waals surface area contributed by atoms with Crippen LogP contribution < -0.4 is 5.32 Å². The first-order valence-electron chi connectivity index (χ1n) is 14.7. The average Bonchev–Trinajstić information content (AvgIpc) is 3.24. The Labute approximate surface area is 226 Å². The van der Waals surface area contributed by atoms with Crippen molar-refractivity contribution in [2.24, 2.45) is 5.41 Å². The topological polar surface area (TPSA) is 69.7 Å². The molecule has 1 aromatic carbocycles. The second-order valence-corrected chi connectivity index (χ2v) is 12.8. The molecule has 37 heavy (non-hydrogen) atoms. The van der Waals surface area contributed by atoms with Gasteiger partial charge in [0.25, 0.3) is 5.91 Å². The third kappa shape index (κ3) is 6.42. The van der Waals surface area contributed by atoms with E-state index in [-0.39, 0.29) is 24.1 Å². The summed E-state index contributed by atoms with van der Waals surface area (Å²) in [5, 5.41) is 2.38. The van der Waals surface area contributed by atoms with Crippen LogP contribution in [0.4, 0.5) is 0 Å². The number of likely N-dealkylation sites (tertiary alicyclic amines) is 1. The average molecular weight is 526 g/mol. The monoisotopic (exact) mass is 525 g/mol. The van der Waals surface area contributed by atoms with Crippen LogP contribution in [0.1, 0.15) is 106 Å². The van der Waals surface area contributed by atoms with Crippen molar-refractivity contribution >= 4 is 29.5 Å². The van der Waals surface area contributed by atoms with Crippen LogP contribution in [0.5, 0.6) is 0 Å². The highest BCUT2D eigenvalue weighted by atomic mass is 32.2. The number of nitrogens with one attached hydrogen (secondary N) is 1. The molecule has 7 heteroatoms. The van der Waals surface area contributed by atoms with Crippen LogP contribution in [0.15, 0.2) is 23.1 Å². The summed E-state index contributed by atoms with van der Waals surface area (Å²) < 4.78 is 0. The Morgan fingerprint density at radius 1 is 0.919 bits per heavy atom. The molecule has 2 saturated heterocycles. The molecular formula is C30H43N3O3S. The molecule has 1 unspecified atom stereocenters. The van der Waals surface area contributed by atoms with Gasteiger partial charge in [-0.3, -0.25) is 19.7 Å². The van der Waals surface area contributed by atoms with Gasteiger partial charge in [0, 0.05) is 23.4 Å². The Morgan fingerprint density at radius 3 is 2.46 bits per heavy atom. The van der Waals surface area contributed by atoms with Crippen LogP contribution in [-0.2, 0) is 16.1 Å². The lowest BCUT2D eigenvalue weighted by Crippen LogP contribution is -2.52. The highest BCUT2D eigenvalue weighted by Crippen LogP contribution is 2.44.